The highest BCUT2D eigenvalue weighted by Crippen LogP contribution is 2.26. The number of thiophene rings is 1. The van der Waals surface area contributed by atoms with E-state index in [-0.39, 0.29) is 36.2 Å². The number of aromatic hydroxyl groups is 1. The highest BCUT2D eigenvalue weighted by Gasteiger charge is 2.11. The van der Waals surface area contributed by atoms with Crippen LogP contribution in [0.25, 0.3) is 10.1 Å². The molecule has 0 fully saturated rings. The summed E-state index contributed by atoms with van der Waals surface area (Å²) in [5.41, 5.74) is 5.11. The minimum absolute atomic E-state index is 0.00634. The van der Waals surface area contributed by atoms with E-state index in [4.69, 9.17) is 10.5 Å². The molecule has 2 amide bonds. The lowest BCUT2D eigenvalue weighted by atomic mass is 10.2. The molecule has 0 atom stereocenters. The highest BCUT2D eigenvalue weighted by atomic mass is 32.1. The fraction of sp³-hybridized carbons (Fsp3) is 0.111. The quantitative estimate of drug-likeness (QED) is 0.577. The summed E-state index contributed by atoms with van der Waals surface area (Å²) in [4.78, 5) is 23.7. The predicted octanol–water partition coefficient (Wildman–Crippen LogP) is 2.65. The third kappa shape index (κ3) is 3.92. The number of amides is 2. The lowest BCUT2D eigenvalue weighted by Crippen LogP contribution is -2.27. The lowest BCUT2D eigenvalue weighted by Gasteiger charge is -2.08. The summed E-state index contributed by atoms with van der Waals surface area (Å²) in [7, 11) is 0. The van der Waals surface area contributed by atoms with Crippen LogP contribution in [0.1, 0.15) is 20.0 Å². The summed E-state index contributed by atoms with van der Waals surface area (Å²) in [6, 6.07) is 10.2. The van der Waals surface area contributed by atoms with Gasteiger partial charge in [0.25, 0.3) is 11.8 Å². The monoisotopic (exact) mass is 374 g/mol. The van der Waals surface area contributed by atoms with Crippen molar-refractivity contribution in [1.29, 1.82) is 0 Å². The first-order valence-corrected chi connectivity index (χ1v) is 8.48. The van der Waals surface area contributed by atoms with Gasteiger partial charge in [-0.25, -0.2) is 4.39 Å². The van der Waals surface area contributed by atoms with Gasteiger partial charge in [0.1, 0.15) is 23.9 Å². The maximum Gasteiger partial charge on any atom is 0.261 e. The average Bonchev–Trinajstić information content (AvgIpc) is 3.01. The Morgan fingerprint density at radius 2 is 2.00 bits per heavy atom. The van der Waals surface area contributed by atoms with Crippen LogP contribution >= 0.6 is 11.3 Å². The molecule has 3 rings (SSSR count). The van der Waals surface area contributed by atoms with E-state index in [0.29, 0.717) is 16.0 Å². The second-order valence-electron chi connectivity index (χ2n) is 5.44. The molecular weight excluding hydrogens is 359 g/mol. The molecule has 134 valence electrons. The number of carbonyl (C=O) groups is 2. The molecule has 0 aliphatic rings. The van der Waals surface area contributed by atoms with Crippen molar-refractivity contribution in [1.82, 2.24) is 5.32 Å². The molecule has 2 aromatic carbocycles. The molecule has 0 spiro atoms. The van der Waals surface area contributed by atoms with Crippen LogP contribution in [0.4, 0.5) is 4.39 Å². The van der Waals surface area contributed by atoms with Crippen LogP contribution in [0.3, 0.4) is 0 Å². The third-order valence-corrected chi connectivity index (χ3v) is 4.71. The molecule has 6 nitrogen and oxygen atoms in total. The Bertz CT molecular complexity index is 986. The van der Waals surface area contributed by atoms with Crippen LogP contribution in [0.5, 0.6) is 11.5 Å². The topological polar surface area (TPSA) is 102 Å². The standard InChI is InChI=1S/C18H15FN2O4S/c19-11-1-4-15-10(7-11)8-16(26-15)18(24)21-5-6-25-12-2-3-13(17(20)23)14(22)9-12/h1-4,7-9,22H,5-6H2,(H2,20,23)(H,21,24). The Labute approximate surface area is 152 Å². The molecule has 1 aromatic heterocycles. The van der Waals surface area contributed by atoms with Crippen LogP contribution in [0, 0.1) is 5.82 Å². The van der Waals surface area contributed by atoms with Crippen LogP contribution in [0.2, 0.25) is 0 Å². The second kappa shape index (κ2) is 7.40. The van der Waals surface area contributed by atoms with Crippen molar-refractivity contribution in [3.63, 3.8) is 0 Å². The van der Waals surface area contributed by atoms with Gasteiger partial charge < -0.3 is 20.9 Å². The summed E-state index contributed by atoms with van der Waals surface area (Å²) >= 11 is 1.28. The van der Waals surface area contributed by atoms with E-state index in [0.717, 1.165) is 4.70 Å². The predicted molar refractivity (Wildman–Crippen MR) is 96.2 cm³/mol. The second-order valence-corrected chi connectivity index (χ2v) is 6.52. The van der Waals surface area contributed by atoms with Gasteiger partial charge in [-0.15, -0.1) is 11.3 Å². The molecule has 26 heavy (non-hydrogen) atoms. The Hall–Kier alpha value is -3.13. The van der Waals surface area contributed by atoms with Crippen LogP contribution in [-0.2, 0) is 0 Å². The van der Waals surface area contributed by atoms with E-state index < -0.39 is 5.91 Å². The largest absolute Gasteiger partial charge is 0.507 e. The van der Waals surface area contributed by atoms with Crippen LogP contribution in [-0.4, -0.2) is 30.1 Å². The van der Waals surface area contributed by atoms with E-state index >= 15 is 0 Å². The maximum atomic E-state index is 13.2. The molecule has 0 saturated heterocycles. The Balaban J connectivity index is 1.53. The lowest BCUT2D eigenvalue weighted by molar-refractivity contribution is 0.0949. The number of fused-ring (bicyclic) bond motifs is 1. The molecular formula is C18H15FN2O4S. The smallest absolute Gasteiger partial charge is 0.261 e. The number of nitrogens with two attached hydrogens (primary N) is 1. The number of benzene rings is 2. The number of halogens is 1. The Kier molecular flexibility index (Phi) is 5.04. The number of hydrogen-bond acceptors (Lipinski definition) is 5. The van der Waals surface area contributed by atoms with Crippen molar-refractivity contribution in [3.8, 4) is 11.5 Å². The van der Waals surface area contributed by atoms with Crippen molar-refractivity contribution in [2.45, 2.75) is 0 Å². The van der Waals surface area contributed by atoms with Crippen LogP contribution in [0.15, 0.2) is 42.5 Å². The number of carbonyl (C=O) groups excluding carboxylic acids is 2. The number of rotatable bonds is 6. The van der Waals surface area contributed by atoms with Gasteiger partial charge in [-0.1, -0.05) is 0 Å². The number of ether oxygens (including phenoxy) is 1. The summed E-state index contributed by atoms with van der Waals surface area (Å²) in [5.74, 6) is -1.27. The van der Waals surface area contributed by atoms with Gasteiger partial charge in [-0.05, 0) is 41.8 Å². The molecule has 0 saturated carbocycles. The van der Waals surface area contributed by atoms with Crippen LogP contribution < -0.4 is 15.8 Å². The van der Waals surface area contributed by atoms with Gasteiger partial charge in [-0.2, -0.15) is 0 Å². The van der Waals surface area contributed by atoms with E-state index in [2.05, 4.69) is 5.32 Å². The minimum atomic E-state index is -0.732. The fourth-order valence-electron chi connectivity index (χ4n) is 2.36. The number of primary amides is 1. The first-order chi connectivity index (χ1) is 12.4. The highest BCUT2D eigenvalue weighted by molar-refractivity contribution is 7.20. The van der Waals surface area contributed by atoms with Crippen molar-refractivity contribution in [2.75, 3.05) is 13.2 Å². The molecule has 0 bridgehead atoms. The zero-order chi connectivity index (χ0) is 18.7. The van der Waals surface area contributed by atoms with Crippen molar-refractivity contribution in [2.24, 2.45) is 5.73 Å². The normalized spacial score (nSPS) is 10.7. The van der Waals surface area contributed by atoms with Gasteiger partial charge in [0, 0.05) is 10.8 Å². The van der Waals surface area contributed by atoms with E-state index in [1.807, 2.05) is 0 Å². The first kappa shape index (κ1) is 17.7. The molecule has 0 aliphatic carbocycles. The number of hydrogen-bond donors (Lipinski definition) is 3. The molecule has 0 unspecified atom stereocenters. The molecule has 0 radical (unpaired) electrons. The van der Waals surface area contributed by atoms with E-state index in [9.17, 15) is 19.1 Å². The Morgan fingerprint density at radius 3 is 2.73 bits per heavy atom. The van der Waals surface area contributed by atoms with Crippen molar-refractivity contribution < 1.29 is 23.8 Å². The van der Waals surface area contributed by atoms with Gasteiger partial charge >= 0.3 is 0 Å². The van der Waals surface area contributed by atoms with Crippen molar-refractivity contribution in [3.05, 3.63) is 58.7 Å². The van der Waals surface area contributed by atoms with Gasteiger partial charge in [-0.3, -0.25) is 9.59 Å². The summed E-state index contributed by atoms with van der Waals surface area (Å²) in [6.45, 7) is 0.403. The van der Waals surface area contributed by atoms with E-state index in [1.165, 1.54) is 41.7 Å². The zero-order valence-corrected chi connectivity index (χ0v) is 14.3. The Morgan fingerprint density at radius 1 is 1.19 bits per heavy atom. The van der Waals surface area contributed by atoms with Gasteiger partial charge in [0.2, 0.25) is 0 Å². The number of phenols is 1. The minimum Gasteiger partial charge on any atom is -0.507 e. The summed E-state index contributed by atoms with van der Waals surface area (Å²) < 4.78 is 19.4. The third-order valence-electron chi connectivity index (χ3n) is 3.59. The maximum absolute atomic E-state index is 13.2. The molecule has 4 N–H and O–H groups in total. The van der Waals surface area contributed by atoms with Crippen molar-refractivity contribution >= 4 is 33.2 Å². The SMILES string of the molecule is NC(=O)c1ccc(OCCNC(=O)c2cc3cc(F)ccc3s2)cc1O. The van der Waals surface area contributed by atoms with Gasteiger partial charge in [0.15, 0.2) is 0 Å². The summed E-state index contributed by atoms with van der Waals surface area (Å²) in [5, 5.41) is 13.1. The molecule has 1 heterocycles. The summed E-state index contributed by atoms with van der Waals surface area (Å²) in [6.07, 6.45) is 0. The zero-order valence-electron chi connectivity index (χ0n) is 13.5. The molecule has 8 heteroatoms. The number of nitrogens with one attached hydrogen (secondary N) is 1. The molecule has 3 aromatic rings. The van der Waals surface area contributed by atoms with Gasteiger partial charge in [0.05, 0.1) is 17.0 Å². The average molecular weight is 374 g/mol. The van der Waals surface area contributed by atoms with E-state index in [1.54, 1.807) is 12.1 Å². The molecule has 0 aliphatic heterocycles. The fourth-order valence-corrected chi connectivity index (χ4v) is 3.32. The first-order valence-electron chi connectivity index (χ1n) is 7.67.